The summed E-state index contributed by atoms with van der Waals surface area (Å²) in [5, 5.41) is 13.4. The Balaban J connectivity index is 1.56. The molecule has 6 heteroatoms. The first-order valence-corrected chi connectivity index (χ1v) is 11.9. The Morgan fingerprint density at radius 1 is 0.909 bits per heavy atom. The van der Waals surface area contributed by atoms with Gasteiger partial charge in [-0.25, -0.2) is 9.69 Å². The molecule has 0 bridgehead atoms. The van der Waals surface area contributed by atoms with E-state index in [-0.39, 0.29) is 17.9 Å². The van der Waals surface area contributed by atoms with Crippen LogP contribution in [-0.2, 0) is 9.53 Å². The van der Waals surface area contributed by atoms with Crippen LogP contribution in [0.1, 0.15) is 63.9 Å². The van der Waals surface area contributed by atoms with Crippen molar-refractivity contribution in [1.29, 1.82) is 0 Å². The summed E-state index contributed by atoms with van der Waals surface area (Å²) < 4.78 is 5.63. The number of benzene rings is 2. The molecule has 33 heavy (non-hydrogen) atoms. The summed E-state index contributed by atoms with van der Waals surface area (Å²) in [5.41, 5.74) is 1.67. The third kappa shape index (κ3) is 6.68. The van der Waals surface area contributed by atoms with Crippen LogP contribution in [0.25, 0.3) is 5.57 Å². The molecular formula is C27H34N2O4. The molecule has 3 rings (SSSR count). The Labute approximate surface area is 196 Å². The molecule has 176 valence electrons. The Morgan fingerprint density at radius 3 is 2.27 bits per heavy atom. The Bertz CT molecular complexity index is 956. The maximum Gasteiger partial charge on any atom is 0.333 e. The number of hydrogen-bond donors (Lipinski definition) is 2. The SMILES string of the molecule is CCCCCCCCCCOCC(O)=C1C(=O)N(C(=O)Nc2ccccc2)c2ccccc21. The van der Waals surface area contributed by atoms with Gasteiger partial charge in [0.1, 0.15) is 12.4 Å². The molecule has 2 aromatic rings. The van der Waals surface area contributed by atoms with Crippen LogP contribution in [0.5, 0.6) is 0 Å². The summed E-state index contributed by atoms with van der Waals surface area (Å²) in [5.74, 6) is -0.708. The standard InChI is InChI=1S/C27H34N2O4/c1-2-3-4-5-6-7-8-14-19-33-20-24(30)25-22-17-12-13-18-23(22)29(26(25)31)27(32)28-21-15-10-9-11-16-21/h9-13,15-18,30H,2-8,14,19-20H2,1H3,(H,28,32). The van der Waals surface area contributed by atoms with Crippen LogP contribution in [0.2, 0.25) is 0 Å². The zero-order valence-corrected chi connectivity index (χ0v) is 19.4. The molecule has 0 radical (unpaired) electrons. The molecule has 0 spiro atoms. The van der Waals surface area contributed by atoms with Crippen LogP contribution in [0.4, 0.5) is 16.2 Å². The van der Waals surface area contributed by atoms with Crippen LogP contribution in [0.3, 0.4) is 0 Å². The lowest BCUT2D eigenvalue weighted by atomic mass is 10.1. The summed E-state index contributed by atoms with van der Waals surface area (Å²) in [6.45, 7) is 2.69. The van der Waals surface area contributed by atoms with Gasteiger partial charge in [0.05, 0.1) is 11.3 Å². The van der Waals surface area contributed by atoms with E-state index in [4.69, 9.17) is 4.74 Å². The van der Waals surface area contributed by atoms with E-state index in [2.05, 4.69) is 12.2 Å². The van der Waals surface area contributed by atoms with E-state index >= 15 is 0 Å². The van der Waals surface area contributed by atoms with Crippen LogP contribution in [-0.4, -0.2) is 30.3 Å². The fraction of sp³-hybridized carbons (Fsp3) is 0.407. The Kier molecular flexibility index (Phi) is 9.51. The van der Waals surface area contributed by atoms with Gasteiger partial charge in [-0.2, -0.15) is 0 Å². The number of nitrogens with zero attached hydrogens (tertiary/aromatic N) is 1. The zero-order valence-electron chi connectivity index (χ0n) is 19.4. The van der Waals surface area contributed by atoms with Crippen LogP contribution < -0.4 is 10.2 Å². The summed E-state index contributed by atoms with van der Waals surface area (Å²) in [6, 6.07) is 15.3. The van der Waals surface area contributed by atoms with E-state index in [0.717, 1.165) is 17.7 Å². The topological polar surface area (TPSA) is 78.9 Å². The highest BCUT2D eigenvalue weighted by Gasteiger charge is 2.38. The number of aliphatic hydroxyl groups is 1. The Morgan fingerprint density at radius 2 is 1.55 bits per heavy atom. The average molecular weight is 451 g/mol. The van der Waals surface area contributed by atoms with Crippen molar-refractivity contribution >= 4 is 28.9 Å². The molecule has 0 unspecified atom stereocenters. The summed E-state index contributed by atoms with van der Waals surface area (Å²) in [6.07, 6.45) is 9.63. The van der Waals surface area contributed by atoms with Gasteiger partial charge in [0.2, 0.25) is 0 Å². The molecule has 0 saturated carbocycles. The van der Waals surface area contributed by atoms with Crippen molar-refractivity contribution in [2.75, 3.05) is 23.4 Å². The number of aliphatic hydroxyl groups excluding tert-OH is 1. The van der Waals surface area contributed by atoms with Gasteiger partial charge in [0, 0.05) is 17.9 Å². The van der Waals surface area contributed by atoms with Gasteiger partial charge < -0.3 is 15.2 Å². The number of urea groups is 1. The van der Waals surface area contributed by atoms with Crippen molar-refractivity contribution in [2.24, 2.45) is 0 Å². The minimum absolute atomic E-state index is 0.0555. The quantitative estimate of drug-likeness (QED) is 0.214. The molecule has 0 atom stereocenters. The number of amides is 3. The van der Waals surface area contributed by atoms with Crippen molar-refractivity contribution in [3.05, 3.63) is 65.9 Å². The van der Waals surface area contributed by atoms with Gasteiger partial charge in [-0.05, 0) is 24.6 Å². The second-order valence-corrected chi connectivity index (χ2v) is 8.30. The largest absolute Gasteiger partial charge is 0.509 e. The first-order valence-electron chi connectivity index (χ1n) is 11.9. The van der Waals surface area contributed by atoms with Gasteiger partial charge in [0.15, 0.2) is 0 Å². The van der Waals surface area contributed by atoms with Crippen molar-refractivity contribution in [3.8, 4) is 0 Å². The fourth-order valence-corrected chi connectivity index (χ4v) is 3.98. The predicted molar refractivity (Wildman–Crippen MR) is 132 cm³/mol. The third-order valence-electron chi connectivity index (χ3n) is 5.73. The van der Waals surface area contributed by atoms with Crippen molar-refractivity contribution in [1.82, 2.24) is 0 Å². The highest BCUT2D eigenvalue weighted by atomic mass is 16.5. The molecule has 0 fully saturated rings. The van der Waals surface area contributed by atoms with Gasteiger partial charge in [-0.1, -0.05) is 88.3 Å². The van der Waals surface area contributed by atoms with E-state index in [9.17, 15) is 14.7 Å². The minimum atomic E-state index is -0.568. The molecular weight excluding hydrogens is 416 g/mol. The van der Waals surface area contributed by atoms with E-state index in [1.807, 2.05) is 6.07 Å². The van der Waals surface area contributed by atoms with Crippen LogP contribution >= 0.6 is 0 Å². The molecule has 2 N–H and O–H groups in total. The van der Waals surface area contributed by atoms with Gasteiger partial charge in [-0.15, -0.1) is 0 Å². The second-order valence-electron chi connectivity index (χ2n) is 8.30. The van der Waals surface area contributed by atoms with Crippen molar-refractivity contribution in [3.63, 3.8) is 0 Å². The number of para-hydroxylation sites is 2. The van der Waals surface area contributed by atoms with Gasteiger partial charge in [-0.3, -0.25) is 4.79 Å². The van der Waals surface area contributed by atoms with E-state index < -0.39 is 11.9 Å². The minimum Gasteiger partial charge on any atom is -0.509 e. The van der Waals surface area contributed by atoms with Crippen LogP contribution in [0, 0.1) is 0 Å². The number of hydrogen-bond acceptors (Lipinski definition) is 4. The number of rotatable bonds is 12. The summed E-state index contributed by atoms with van der Waals surface area (Å²) >= 11 is 0. The monoisotopic (exact) mass is 450 g/mol. The zero-order chi connectivity index (χ0) is 23.5. The third-order valence-corrected chi connectivity index (χ3v) is 5.73. The molecule has 0 saturated heterocycles. The fourth-order valence-electron chi connectivity index (χ4n) is 3.98. The number of unbranched alkanes of at least 4 members (excludes halogenated alkanes) is 7. The van der Waals surface area contributed by atoms with Crippen molar-refractivity contribution < 1.29 is 19.4 Å². The molecule has 0 aromatic heterocycles. The molecule has 6 nitrogen and oxygen atoms in total. The molecule has 0 aliphatic carbocycles. The van der Waals surface area contributed by atoms with Gasteiger partial charge >= 0.3 is 6.03 Å². The van der Waals surface area contributed by atoms with Gasteiger partial charge in [0.25, 0.3) is 5.91 Å². The van der Waals surface area contributed by atoms with E-state index in [1.54, 1.807) is 48.5 Å². The first kappa shape index (κ1) is 24.5. The first-order chi connectivity index (χ1) is 16.1. The van der Waals surface area contributed by atoms with Crippen LogP contribution in [0.15, 0.2) is 60.4 Å². The number of carbonyl (C=O) groups excluding carboxylic acids is 2. The lowest BCUT2D eigenvalue weighted by Crippen LogP contribution is -2.37. The number of nitrogens with one attached hydrogen (secondary N) is 1. The smallest absolute Gasteiger partial charge is 0.333 e. The molecule has 2 aromatic carbocycles. The second kappa shape index (κ2) is 12.8. The maximum atomic E-state index is 13.1. The highest BCUT2D eigenvalue weighted by molar-refractivity contribution is 6.41. The normalized spacial score (nSPS) is 14.3. The van der Waals surface area contributed by atoms with Crippen molar-refractivity contribution in [2.45, 2.75) is 58.3 Å². The summed E-state index contributed by atoms with van der Waals surface area (Å²) in [4.78, 5) is 27.0. The Hall–Kier alpha value is -3.12. The van der Waals surface area contributed by atoms with E-state index in [0.29, 0.717) is 23.5 Å². The molecule has 1 heterocycles. The average Bonchev–Trinajstić information content (AvgIpc) is 3.12. The maximum absolute atomic E-state index is 13.1. The lowest BCUT2D eigenvalue weighted by molar-refractivity contribution is -0.112. The summed E-state index contributed by atoms with van der Waals surface area (Å²) in [7, 11) is 0. The number of imide groups is 1. The lowest BCUT2D eigenvalue weighted by Gasteiger charge is -2.16. The molecule has 3 amide bonds. The predicted octanol–water partition coefficient (Wildman–Crippen LogP) is 6.69. The number of fused-ring (bicyclic) bond motifs is 1. The number of anilines is 2. The molecule has 1 aliphatic rings. The highest BCUT2D eigenvalue weighted by Crippen LogP contribution is 2.38. The molecule has 1 aliphatic heterocycles. The van der Waals surface area contributed by atoms with E-state index in [1.165, 1.54) is 38.5 Å². The number of carbonyl (C=O) groups is 2. The number of ether oxygens (including phenoxy) is 1.